The first kappa shape index (κ1) is 36.3. The summed E-state index contributed by atoms with van der Waals surface area (Å²) in [6.45, 7) is -0.248. The minimum Gasteiger partial charge on any atom is -0.493 e. The van der Waals surface area contributed by atoms with Crippen molar-refractivity contribution in [3.05, 3.63) is 89.7 Å². The molecular weight excluding hydrogens is 721 g/mol. The van der Waals surface area contributed by atoms with E-state index in [1.807, 2.05) is 0 Å². The number of rotatable bonds is 13. The highest BCUT2D eigenvalue weighted by Crippen LogP contribution is 2.37. The second kappa shape index (κ2) is 14.5. The van der Waals surface area contributed by atoms with Crippen molar-refractivity contribution in [1.29, 1.82) is 0 Å². The molecule has 0 aliphatic heterocycles. The van der Waals surface area contributed by atoms with Gasteiger partial charge in [-0.25, -0.2) is 30.6 Å². The average Bonchev–Trinajstić information content (AvgIpc) is 3.48. The van der Waals surface area contributed by atoms with E-state index in [9.17, 15) is 34.6 Å². The Morgan fingerprint density at radius 2 is 1.70 bits per heavy atom. The number of esters is 1. The summed E-state index contributed by atoms with van der Waals surface area (Å²) in [4.78, 5) is 19.4. The number of nitrogens with zero attached hydrogens (tertiary/aromatic N) is 3. The van der Waals surface area contributed by atoms with Crippen LogP contribution < -0.4 is 14.2 Å². The lowest BCUT2D eigenvalue weighted by molar-refractivity contribution is -0.0497. The topological polar surface area (TPSA) is 170 Å². The molecule has 0 radical (unpaired) electrons. The van der Waals surface area contributed by atoms with Gasteiger partial charge in [-0.3, -0.25) is 9.19 Å². The number of benzene rings is 3. The maximum Gasteiger partial charge on any atom is 0.387 e. The molecule has 0 N–H and O–H groups in total. The Hall–Kier alpha value is -4.94. The van der Waals surface area contributed by atoms with Crippen molar-refractivity contribution in [2.24, 2.45) is 0 Å². The third-order valence-corrected chi connectivity index (χ3v) is 12.3. The number of halogens is 2. The molecular formula is C32H29F2N3O10S3. The monoisotopic (exact) mass is 749 g/mol. The first-order valence-electron chi connectivity index (χ1n) is 14.5. The molecule has 2 heterocycles. The summed E-state index contributed by atoms with van der Waals surface area (Å²) in [5, 5.41) is -0.624. The minimum atomic E-state index is -5.21. The van der Waals surface area contributed by atoms with Gasteiger partial charge in [-0.15, -0.1) is 0 Å². The van der Waals surface area contributed by atoms with Gasteiger partial charge in [-0.05, 0) is 50.2 Å². The summed E-state index contributed by atoms with van der Waals surface area (Å²) < 4.78 is 119. The van der Waals surface area contributed by atoms with Crippen molar-refractivity contribution in [1.82, 2.24) is 13.9 Å². The molecule has 2 aromatic heterocycles. The number of carbonyl (C=O) groups excluding carboxylic acids is 1. The van der Waals surface area contributed by atoms with Gasteiger partial charge in [-0.1, -0.05) is 23.8 Å². The van der Waals surface area contributed by atoms with Crippen molar-refractivity contribution in [3.8, 4) is 17.2 Å². The fourth-order valence-corrected chi connectivity index (χ4v) is 10.2. The Bertz CT molecular complexity index is 2330. The van der Waals surface area contributed by atoms with Crippen LogP contribution in [0, 0.1) is 6.92 Å². The zero-order chi connectivity index (χ0) is 36.4. The highest BCUT2D eigenvalue weighted by atomic mass is 32.2. The molecule has 5 aromatic rings. The number of hydrogen-bond acceptors (Lipinski definition) is 12. The smallest absolute Gasteiger partial charge is 0.387 e. The van der Waals surface area contributed by atoms with Crippen LogP contribution in [0.2, 0.25) is 0 Å². The van der Waals surface area contributed by atoms with E-state index in [-0.39, 0.29) is 39.7 Å². The van der Waals surface area contributed by atoms with Crippen molar-refractivity contribution in [3.63, 3.8) is 0 Å². The Kier molecular flexibility index (Phi) is 10.5. The molecule has 1 atom stereocenters. The third-order valence-electron chi connectivity index (χ3n) is 7.21. The summed E-state index contributed by atoms with van der Waals surface area (Å²) in [7, 11) is -9.68. The Morgan fingerprint density at radius 1 is 0.980 bits per heavy atom. The number of imidazole rings is 1. The van der Waals surface area contributed by atoms with Crippen molar-refractivity contribution in [2.45, 2.75) is 46.1 Å². The van der Waals surface area contributed by atoms with Crippen LogP contribution in [0.1, 0.15) is 28.5 Å². The molecule has 0 aliphatic rings. The van der Waals surface area contributed by atoms with E-state index < -0.39 is 75.3 Å². The number of aryl methyl sites for hydroxylation is 1. The fraction of sp³-hybridized carbons (Fsp3) is 0.219. The van der Waals surface area contributed by atoms with Crippen LogP contribution in [-0.4, -0.2) is 68.4 Å². The van der Waals surface area contributed by atoms with E-state index in [1.165, 1.54) is 63.7 Å². The van der Waals surface area contributed by atoms with Gasteiger partial charge in [0, 0.05) is 18.3 Å². The highest BCUT2D eigenvalue weighted by Gasteiger charge is 2.37. The third kappa shape index (κ3) is 6.90. The summed E-state index contributed by atoms with van der Waals surface area (Å²) in [5.41, 5.74) is -0.287. The van der Waals surface area contributed by atoms with Gasteiger partial charge in [0.2, 0.25) is 15.0 Å². The number of fused-ring (bicyclic) bond motifs is 1. The Labute approximate surface area is 288 Å². The van der Waals surface area contributed by atoms with Gasteiger partial charge >= 0.3 is 12.6 Å². The Balaban J connectivity index is 1.82. The van der Waals surface area contributed by atoms with Gasteiger partial charge in [0.25, 0.3) is 10.0 Å². The van der Waals surface area contributed by atoms with Gasteiger partial charge in [0.1, 0.15) is 15.5 Å². The predicted octanol–water partition coefficient (Wildman–Crippen LogP) is 4.91. The van der Waals surface area contributed by atoms with Crippen LogP contribution in [0.25, 0.3) is 11.0 Å². The molecule has 18 heteroatoms. The molecule has 50 heavy (non-hydrogen) atoms. The van der Waals surface area contributed by atoms with E-state index in [0.29, 0.717) is 9.54 Å². The molecule has 13 nitrogen and oxygen atoms in total. The quantitative estimate of drug-likeness (QED) is 0.149. The van der Waals surface area contributed by atoms with Crippen LogP contribution in [-0.2, 0) is 41.1 Å². The zero-order valence-corrected chi connectivity index (χ0v) is 29.3. The number of aromatic nitrogens is 3. The van der Waals surface area contributed by atoms with Crippen LogP contribution in [0.4, 0.5) is 8.78 Å². The lowest BCUT2D eigenvalue weighted by Crippen LogP contribution is -2.22. The summed E-state index contributed by atoms with van der Waals surface area (Å²) >= 11 is 0. The van der Waals surface area contributed by atoms with Crippen LogP contribution in [0.3, 0.4) is 0 Å². The van der Waals surface area contributed by atoms with E-state index in [0.717, 1.165) is 30.3 Å². The van der Waals surface area contributed by atoms with Crippen molar-refractivity contribution < 1.29 is 53.6 Å². The van der Waals surface area contributed by atoms with Gasteiger partial charge in [0.15, 0.2) is 11.5 Å². The second-order valence-corrected chi connectivity index (χ2v) is 15.3. The number of alkyl halides is 2. The molecule has 0 saturated carbocycles. The number of ether oxygens (including phenoxy) is 4. The number of hydrogen-bond donors (Lipinski definition) is 0. The maximum atomic E-state index is 14.9. The summed E-state index contributed by atoms with van der Waals surface area (Å²) in [5.74, 6) is -1.72. The zero-order valence-electron chi connectivity index (χ0n) is 26.8. The summed E-state index contributed by atoms with van der Waals surface area (Å²) in [6.07, 6.45) is 1.35. The average molecular weight is 750 g/mol. The van der Waals surface area contributed by atoms with E-state index in [1.54, 1.807) is 6.92 Å². The largest absolute Gasteiger partial charge is 0.493 e. The predicted molar refractivity (Wildman–Crippen MR) is 175 cm³/mol. The molecule has 0 fully saturated rings. The first-order valence-corrected chi connectivity index (χ1v) is 18.8. The number of methoxy groups -OCH3 is 2. The first-order chi connectivity index (χ1) is 23.7. The molecule has 0 amide bonds. The normalized spacial score (nSPS) is 12.5. The minimum absolute atomic E-state index is 0.0925. The SMILES string of the molecule is CCOC(=O)c1cccc(S(=O)(=O)n2c(S(=O)Cc3nccc(OC)c3OC)nc3ccc(OC(F)F)cc32)c1S(=O)(=O)c1ccc(C)cc1. The molecule has 5 rings (SSSR count). The maximum absolute atomic E-state index is 14.9. The fourth-order valence-electron chi connectivity index (χ4n) is 5.01. The molecule has 0 aliphatic carbocycles. The number of carbonyl (C=O) groups is 1. The van der Waals surface area contributed by atoms with Gasteiger partial charge in [0.05, 0.1) is 64.6 Å². The molecule has 0 spiro atoms. The lowest BCUT2D eigenvalue weighted by Gasteiger charge is -2.17. The number of pyridine rings is 1. The van der Waals surface area contributed by atoms with E-state index >= 15 is 0 Å². The summed E-state index contributed by atoms with van der Waals surface area (Å²) in [6, 6.07) is 13.4. The molecule has 264 valence electrons. The molecule has 3 aromatic carbocycles. The van der Waals surface area contributed by atoms with Gasteiger partial charge < -0.3 is 18.9 Å². The number of sulfone groups is 1. The molecule has 1 unspecified atom stereocenters. The molecule has 0 saturated heterocycles. The molecule has 0 bridgehead atoms. The van der Waals surface area contributed by atoms with Crippen LogP contribution in [0.5, 0.6) is 17.2 Å². The van der Waals surface area contributed by atoms with E-state index in [4.69, 9.17) is 14.2 Å². The van der Waals surface area contributed by atoms with Crippen LogP contribution in [0.15, 0.2) is 92.8 Å². The van der Waals surface area contributed by atoms with Crippen LogP contribution >= 0.6 is 0 Å². The van der Waals surface area contributed by atoms with Crippen molar-refractivity contribution in [2.75, 3.05) is 20.8 Å². The van der Waals surface area contributed by atoms with E-state index in [2.05, 4.69) is 14.7 Å². The standard InChI is InChI=1S/C32H29F2N3O10S3/c1-5-46-30(38)22-7-6-8-27(29(22)49(40,41)21-12-9-19(2)10-13-21)50(42,43)37-25-17-20(47-31(33)34)11-14-23(25)36-32(37)48(39)18-24-28(45-4)26(44-3)15-16-35-24/h6-17,31H,5,18H2,1-4H3. The highest BCUT2D eigenvalue weighted by molar-refractivity contribution is 7.94. The second-order valence-electron chi connectivity index (χ2n) is 10.3. The van der Waals surface area contributed by atoms with Gasteiger partial charge in [-0.2, -0.15) is 8.78 Å². The Morgan fingerprint density at radius 3 is 2.34 bits per heavy atom. The van der Waals surface area contributed by atoms with Crippen molar-refractivity contribution >= 4 is 47.7 Å². The lowest BCUT2D eigenvalue weighted by atomic mass is 10.2.